The van der Waals surface area contributed by atoms with E-state index in [-0.39, 0.29) is 17.9 Å². The molecule has 0 radical (unpaired) electrons. The molecule has 9 heteroatoms. The van der Waals surface area contributed by atoms with E-state index < -0.39 is 40.1 Å². The molecule has 0 saturated heterocycles. The SMILES string of the molecule is CCOc1ccc(S(=O)(=O)N2CC=CCC(C(O)c3ccccc3)C2C(=O)NOC(c2ccccc2)c2ccccc2)cc1. The molecule has 5 rings (SSSR count). The standard InChI is InChI=1S/C35H36N2O6S/c1-2-42-29-21-23-30(24-22-29)44(40,41)37-25-13-12-20-31(33(38)26-14-6-3-7-15-26)32(37)35(39)36-43-34(27-16-8-4-9-17-27)28-18-10-5-11-19-28/h3-19,21-24,31-34,38H,2,20,25H2,1H3,(H,36,39). The van der Waals surface area contributed by atoms with Crippen molar-refractivity contribution >= 4 is 15.9 Å². The lowest BCUT2D eigenvalue weighted by atomic mass is 9.86. The summed E-state index contributed by atoms with van der Waals surface area (Å²) in [7, 11) is -4.20. The van der Waals surface area contributed by atoms with Crippen molar-refractivity contribution < 1.29 is 27.9 Å². The molecule has 2 N–H and O–H groups in total. The third kappa shape index (κ3) is 7.09. The Hall–Kier alpha value is -4.28. The molecular weight excluding hydrogens is 576 g/mol. The van der Waals surface area contributed by atoms with Crippen molar-refractivity contribution in [2.24, 2.45) is 5.92 Å². The molecule has 3 unspecified atom stereocenters. The number of hydrogen-bond donors (Lipinski definition) is 2. The number of benzene rings is 4. The maximum absolute atomic E-state index is 14.2. The Balaban J connectivity index is 1.51. The van der Waals surface area contributed by atoms with E-state index in [4.69, 9.17) is 9.57 Å². The lowest BCUT2D eigenvalue weighted by Gasteiger charge is -2.35. The summed E-state index contributed by atoms with van der Waals surface area (Å²) in [5, 5.41) is 11.6. The van der Waals surface area contributed by atoms with E-state index >= 15 is 0 Å². The zero-order chi connectivity index (χ0) is 30.9. The van der Waals surface area contributed by atoms with Crippen LogP contribution in [0.15, 0.2) is 132 Å². The average molecular weight is 613 g/mol. The highest BCUT2D eigenvalue weighted by Crippen LogP contribution is 2.35. The molecule has 4 aromatic carbocycles. The normalized spacial score (nSPS) is 18.0. The predicted molar refractivity (Wildman–Crippen MR) is 168 cm³/mol. The van der Waals surface area contributed by atoms with Gasteiger partial charge in [0.2, 0.25) is 10.0 Å². The molecule has 1 aliphatic heterocycles. The number of hydrogen-bond acceptors (Lipinski definition) is 6. The Bertz CT molecular complexity index is 1590. The molecule has 4 aromatic rings. The summed E-state index contributed by atoms with van der Waals surface area (Å²) in [5.41, 5.74) is 4.78. The molecule has 8 nitrogen and oxygen atoms in total. The fourth-order valence-electron chi connectivity index (χ4n) is 5.43. The van der Waals surface area contributed by atoms with Crippen LogP contribution in [0, 0.1) is 5.92 Å². The number of rotatable bonds is 11. The fourth-order valence-corrected chi connectivity index (χ4v) is 7.02. The topological polar surface area (TPSA) is 105 Å². The van der Waals surface area contributed by atoms with Gasteiger partial charge in [-0.1, -0.05) is 103 Å². The van der Waals surface area contributed by atoms with Gasteiger partial charge in [0.05, 0.1) is 17.6 Å². The smallest absolute Gasteiger partial charge is 0.262 e. The second-order valence-corrected chi connectivity index (χ2v) is 12.3. The fraction of sp³-hybridized carbons (Fsp3) is 0.229. The number of nitrogens with zero attached hydrogens (tertiary/aromatic N) is 1. The van der Waals surface area contributed by atoms with E-state index in [1.165, 1.54) is 12.1 Å². The van der Waals surface area contributed by atoms with Crippen molar-refractivity contribution in [2.75, 3.05) is 13.2 Å². The van der Waals surface area contributed by atoms with E-state index in [2.05, 4.69) is 5.48 Å². The maximum Gasteiger partial charge on any atom is 0.262 e. The zero-order valence-corrected chi connectivity index (χ0v) is 25.2. The minimum absolute atomic E-state index is 0.00868. The molecular formula is C35H36N2O6S. The van der Waals surface area contributed by atoms with Gasteiger partial charge in [0.15, 0.2) is 0 Å². The predicted octanol–water partition coefficient (Wildman–Crippen LogP) is 5.59. The highest BCUT2D eigenvalue weighted by molar-refractivity contribution is 7.89. The average Bonchev–Trinajstić information content (AvgIpc) is 3.30. The number of sulfonamides is 1. The van der Waals surface area contributed by atoms with Crippen molar-refractivity contribution in [3.05, 3.63) is 144 Å². The summed E-state index contributed by atoms with van der Waals surface area (Å²) in [4.78, 5) is 20.3. The molecule has 1 amide bonds. The summed E-state index contributed by atoms with van der Waals surface area (Å²) in [6, 6.07) is 32.6. The molecule has 0 fully saturated rings. The Morgan fingerprint density at radius 3 is 1.93 bits per heavy atom. The monoisotopic (exact) mass is 612 g/mol. The quantitative estimate of drug-likeness (QED) is 0.169. The summed E-state index contributed by atoms with van der Waals surface area (Å²) < 4.78 is 34.9. The molecule has 0 spiro atoms. The van der Waals surface area contributed by atoms with Gasteiger partial charge in [-0.25, -0.2) is 13.9 Å². The van der Waals surface area contributed by atoms with E-state index in [1.807, 2.05) is 79.7 Å². The third-order valence-corrected chi connectivity index (χ3v) is 9.48. The number of aliphatic hydroxyl groups excluding tert-OH is 1. The van der Waals surface area contributed by atoms with Crippen LogP contribution >= 0.6 is 0 Å². The van der Waals surface area contributed by atoms with Crippen LogP contribution < -0.4 is 10.2 Å². The van der Waals surface area contributed by atoms with Gasteiger partial charge < -0.3 is 9.84 Å². The number of allylic oxidation sites excluding steroid dienone is 1. The number of amides is 1. The van der Waals surface area contributed by atoms with Crippen LogP contribution in [0.3, 0.4) is 0 Å². The van der Waals surface area contributed by atoms with Gasteiger partial charge in [-0.3, -0.25) is 9.63 Å². The first-order valence-corrected chi connectivity index (χ1v) is 16.0. The molecule has 44 heavy (non-hydrogen) atoms. The van der Waals surface area contributed by atoms with Gasteiger partial charge in [-0.2, -0.15) is 4.31 Å². The molecule has 0 bridgehead atoms. The Morgan fingerprint density at radius 1 is 0.841 bits per heavy atom. The third-order valence-electron chi connectivity index (χ3n) is 7.61. The van der Waals surface area contributed by atoms with Crippen LogP contribution in [0.5, 0.6) is 5.75 Å². The van der Waals surface area contributed by atoms with Crippen molar-refractivity contribution in [3.63, 3.8) is 0 Å². The van der Waals surface area contributed by atoms with Gasteiger partial charge >= 0.3 is 0 Å². The summed E-state index contributed by atoms with van der Waals surface area (Å²) in [5.74, 6) is -0.959. The van der Waals surface area contributed by atoms with Crippen LogP contribution in [-0.4, -0.2) is 42.9 Å². The van der Waals surface area contributed by atoms with Gasteiger partial charge in [0.25, 0.3) is 5.91 Å². The first kappa shape index (κ1) is 31.2. The lowest BCUT2D eigenvalue weighted by Crippen LogP contribution is -2.54. The van der Waals surface area contributed by atoms with Crippen molar-refractivity contribution in [1.82, 2.24) is 9.79 Å². The second kappa shape index (κ2) is 14.5. The number of carbonyl (C=O) groups excluding carboxylic acids is 1. The molecule has 0 saturated carbocycles. The molecule has 228 valence electrons. The molecule has 1 aliphatic rings. The highest BCUT2D eigenvalue weighted by atomic mass is 32.2. The van der Waals surface area contributed by atoms with E-state index in [0.29, 0.717) is 17.9 Å². The zero-order valence-electron chi connectivity index (χ0n) is 24.4. The van der Waals surface area contributed by atoms with Crippen molar-refractivity contribution in [2.45, 2.75) is 36.5 Å². The molecule has 0 aromatic heterocycles. The van der Waals surface area contributed by atoms with Crippen molar-refractivity contribution in [1.29, 1.82) is 0 Å². The van der Waals surface area contributed by atoms with E-state index in [9.17, 15) is 18.3 Å². The largest absolute Gasteiger partial charge is 0.494 e. The van der Waals surface area contributed by atoms with Crippen LogP contribution in [0.25, 0.3) is 0 Å². The molecule has 3 atom stereocenters. The summed E-state index contributed by atoms with van der Waals surface area (Å²) in [6.07, 6.45) is 2.00. The van der Waals surface area contributed by atoms with Crippen LogP contribution in [-0.2, 0) is 19.7 Å². The number of ether oxygens (including phenoxy) is 1. The van der Waals surface area contributed by atoms with Gasteiger partial charge in [0, 0.05) is 12.5 Å². The first-order valence-electron chi connectivity index (χ1n) is 14.6. The molecule has 0 aliphatic carbocycles. The minimum Gasteiger partial charge on any atom is -0.494 e. The van der Waals surface area contributed by atoms with Crippen LogP contribution in [0.2, 0.25) is 0 Å². The van der Waals surface area contributed by atoms with Gasteiger partial charge in [-0.15, -0.1) is 0 Å². The second-order valence-electron chi connectivity index (χ2n) is 10.4. The Labute approximate surface area is 258 Å². The van der Waals surface area contributed by atoms with Crippen molar-refractivity contribution in [3.8, 4) is 5.75 Å². The number of carbonyl (C=O) groups is 1. The maximum atomic E-state index is 14.2. The van der Waals surface area contributed by atoms with Crippen LogP contribution in [0.1, 0.15) is 42.2 Å². The highest BCUT2D eigenvalue weighted by Gasteiger charge is 2.44. The minimum atomic E-state index is -4.20. The Morgan fingerprint density at radius 2 is 1.39 bits per heavy atom. The lowest BCUT2D eigenvalue weighted by molar-refractivity contribution is -0.144. The van der Waals surface area contributed by atoms with E-state index in [1.54, 1.807) is 42.5 Å². The summed E-state index contributed by atoms with van der Waals surface area (Å²) >= 11 is 0. The van der Waals surface area contributed by atoms with Gasteiger partial charge in [0.1, 0.15) is 17.9 Å². The van der Waals surface area contributed by atoms with Gasteiger partial charge in [-0.05, 0) is 54.3 Å². The van der Waals surface area contributed by atoms with Crippen LogP contribution in [0.4, 0.5) is 0 Å². The first-order chi connectivity index (χ1) is 21.4. The number of aliphatic hydroxyl groups is 1. The summed E-state index contributed by atoms with van der Waals surface area (Å²) in [6.45, 7) is 2.22. The van der Waals surface area contributed by atoms with E-state index in [0.717, 1.165) is 15.4 Å². The molecule has 1 heterocycles. The number of nitrogens with one attached hydrogen (secondary N) is 1. The number of hydroxylamine groups is 1. The Kier molecular flexibility index (Phi) is 10.2.